The van der Waals surface area contributed by atoms with Crippen molar-refractivity contribution in [3.8, 4) is 0 Å². The fourth-order valence-corrected chi connectivity index (χ4v) is 3.09. The molecule has 1 atom stereocenters. The second kappa shape index (κ2) is 13.0. The molecule has 182 valence electrons. The first-order valence-corrected chi connectivity index (χ1v) is 10.8. The van der Waals surface area contributed by atoms with Gasteiger partial charge in [-0.25, -0.2) is 14.8 Å². The zero-order valence-electron chi connectivity index (χ0n) is 16.9. The van der Waals surface area contributed by atoms with Gasteiger partial charge in [-0.05, 0) is 69.5 Å². The predicted octanol–water partition coefficient (Wildman–Crippen LogP) is 6.23. The summed E-state index contributed by atoms with van der Waals surface area (Å²) >= 11 is 5.98. The summed E-state index contributed by atoms with van der Waals surface area (Å²) in [5, 5.41) is 8.59. The molecule has 0 saturated carbocycles. The summed E-state index contributed by atoms with van der Waals surface area (Å²) in [6.45, 7) is 1.00. The molecule has 2 heterocycles. The van der Waals surface area contributed by atoms with Crippen LogP contribution in [-0.4, -0.2) is 46.6 Å². The minimum atomic E-state index is -4.68. The van der Waals surface area contributed by atoms with Gasteiger partial charge in [0.2, 0.25) is 0 Å². The monoisotopic (exact) mass is 606 g/mol. The van der Waals surface area contributed by atoms with E-state index in [-0.39, 0.29) is 29.0 Å². The Labute approximate surface area is 202 Å². The molecule has 2 aromatic rings. The van der Waals surface area contributed by atoms with Crippen molar-refractivity contribution in [1.82, 2.24) is 9.97 Å². The number of aliphatic hydroxyl groups is 1. The minimum absolute atomic E-state index is 0.00633. The maximum absolute atomic E-state index is 12.8. The first kappa shape index (κ1) is 29.0. The maximum atomic E-state index is 12.8. The number of nitrogens with zero attached hydrogens (tertiary/aromatic N) is 2. The van der Waals surface area contributed by atoms with Crippen molar-refractivity contribution in [2.75, 3.05) is 13.2 Å². The third-order valence-electron chi connectivity index (χ3n) is 3.75. The zero-order chi connectivity index (χ0) is 25.2. The van der Waals surface area contributed by atoms with E-state index in [4.69, 9.17) is 5.11 Å². The summed E-state index contributed by atoms with van der Waals surface area (Å²) in [6.07, 6.45) is -9.03. The summed E-state index contributed by atoms with van der Waals surface area (Å²) in [5.74, 6) is -2.76. The van der Waals surface area contributed by atoms with Gasteiger partial charge in [0.05, 0.1) is 29.5 Å². The smallest absolute Gasteiger partial charge is 0.418 e. The normalized spacial score (nSPS) is 13.1. The van der Waals surface area contributed by atoms with Crippen LogP contribution in [0, 0.1) is 0 Å². The topological polar surface area (TPSA) is 72.3 Å². The summed E-state index contributed by atoms with van der Waals surface area (Å²) in [6, 6.07) is 8.40. The SMILES string of the molecule is CCOC(=O)/C=C(/c1cccc(Br)n1)C(F)(F)F.OCCC(c1cccc(Br)n1)C(F)(F)F. The lowest BCUT2D eigenvalue weighted by atomic mass is 10.0. The number of hydrogen-bond acceptors (Lipinski definition) is 5. The number of rotatable bonds is 6. The third kappa shape index (κ3) is 10.2. The number of ether oxygens (including phenoxy) is 1. The zero-order valence-corrected chi connectivity index (χ0v) is 20.1. The standard InChI is InChI=1S/C11H9BrF3NO2.C9H9BrF3NO/c1-2-18-10(17)6-7(11(13,14)15)8-4-3-5-9(12)16-8;10-8-3-1-2-7(14-8)6(4-5-15)9(11,12)13/h3-6H,2H2,1H3;1-3,6,15H,4-5H2/b7-6-;. The number of allylic oxidation sites excluding steroid dienone is 1. The molecule has 0 spiro atoms. The molecular weight excluding hydrogens is 590 g/mol. The Morgan fingerprint density at radius 2 is 1.64 bits per heavy atom. The number of aliphatic hydroxyl groups excluding tert-OH is 1. The van der Waals surface area contributed by atoms with Gasteiger partial charge in [0.15, 0.2) is 0 Å². The first-order valence-electron chi connectivity index (χ1n) is 9.18. The van der Waals surface area contributed by atoms with Gasteiger partial charge < -0.3 is 9.84 Å². The molecule has 0 aromatic carbocycles. The second-order valence-electron chi connectivity index (χ2n) is 6.15. The molecule has 0 aliphatic rings. The number of pyridine rings is 2. The van der Waals surface area contributed by atoms with Crippen LogP contribution in [0.4, 0.5) is 26.3 Å². The van der Waals surface area contributed by atoms with E-state index < -0.39 is 36.4 Å². The fraction of sp³-hybridized carbons (Fsp3) is 0.350. The number of esters is 1. The van der Waals surface area contributed by atoms with Crippen LogP contribution in [0.25, 0.3) is 5.57 Å². The number of carbonyl (C=O) groups excluding carboxylic acids is 1. The molecular formula is C20H18Br2F6N2O3. The largest absolute Gasteiger partial charge is 0.463 e. The third-order valence-corrected chi connectivity index (χ3v) is 4.64. The highest BCUT2D eigenvalue weighted by Gasteiger charge is 2.41. The van der Waals surface area contributed by atoms with Crippen LogP contribution in [0.15, 0.2) is 51.7 Å². The average Bonchev–Trinajstić information content (AvgIpc) is 2.69. The van der Waals surface area contributed by atoms with Crippen molar-refractivity contribution >= 4 is 43.4 Å². The van der Waals surface area contributed by atoms with Crippen molar-refractivity contribution < 1.29 is 41.0 Å². The molecule has 0 saturated heterocycles. The average molecular weight is 608 g/mol. The summed E-state index contributed by atoms with van der Waals surface area (Å²) in [7, 11) is 0. The van der Waals surface area contributed by atoms with Crippen molar-refractivity contribution in [3.63, 3.8) is 0 Å². The van der Waals surface area contributed by atoms with Crippen LogP contribution in [0.5, 0.6) is 0 Å². The minimum Gasteiger partial charge on any atom is -0.463 e. The molecule has 0 aliphatic heterocycles. The predicted molar refractivity (Wildman–Crippen MR) is 115 cm³/mol. The van der Waals surface area contributed by atoms with Gasteiger partial charge in [0.25, 0.3) is 0 Å². The molecule has 1 unspecified atom stereocenters. The highest BCUT2D eigenvalue weighted by Crippen LogP contribution is 2.36. The molecule has 0 radical (unpaired) electrons. The van der Waals surface area contributed by atoms with E-state index in [1.165, 1.54) is 37.3 Å². The van der Waals surface area contributed by atoms with Crippen molar-refractivity contribution in [2.24, 2.45) is 0 Å². The summed E-state index contributed by atoms with van der Waals surface area (Å²) in [5.41, 5.74) is -1.56. The van der Waals surface area contributed by atoms with Crippen LogP contribution < -0.4 is 0 Å². The Bertz CT molecular complexity index is 952. The van der Waals surface area contributed by atoms with Crippen LogP contribution >= 0.6 is 31.9 Å². The van der Waals surface area contributed by atoms with E-state index in [0.717, 1.165) is 0 Å². The van der Waals surface area contributed by atoms with Gasteiger partial charge in [-0.3, -0.25) is 0 Å². The maximum Gasteiger partial charge on any atom is 0.418 e. The molecule has 2 aromatic heterocycles. The number of hydrogen-bond donors (Lipinski definition) is 1. The van der Waals surface area contributed by atoms with Crippen molar-refractivity contribution in [3.05, 3.63) is 63.1 Å². The van der Waals surface area contributed by atoms with Crippen LogP contribution in [0.3, 0.4) is 0 Å². The molecule has 0 aliphatic carbocycles. The number of carbonyl (C=O) groups is 1. The van der Waals surface area contributed by atoms with Gasteiger partial charge in [-0.1, -0.05) is 12.1 Å². The van der Waals surface area contributed by atoms with Gasteiger partial charge in [-0.15, -0.1) is 0 Å². The Kier molecular flexibility index (Phi) is 11.5. The Balaban J connectivity index is 0.000000335. The van der Waals surface area contributed by atoms with E-state index in [0.29, 0.717) is 10.7 Å². The molecule has 13 heteroatoms. The molecule has 0 bridgehead atoms. The van der Waals surface area contributed by atoms with E-state index in [1.807, 2.05) is 0 Å². The molecule has 5 nitrogen and oxygen atoms in total. The first-order chi connectivity index (χ1) is 15.3. The van der Waals surface area contributed by atoms with Gasteiger partial charge in [0.1, 0.15) is 9.21 Å². The van der Waals surface area contributed by atoms with Crippen LogP contribution in [-0.2, 0) is 9.53 Å². The van der Waals surface area contributed by atoms with E-state index in [9.17, 15) is 31.1 Å². The van der Waals surface area contributed by atoms with E-state index in [2.05, 4.69) is 46.6 Å². The van der Waals surface area contributed by atoms with E-state index in [1.54, 1.807) is 6.07 Å². The highest BCUT2D eigenvalue weighted by atomic mass is 79.9. The Morgan fingerprint density at radius 1 is 1.06 bits per heavy atom. The summed E-state index contributed by atoms with van der Waals surface area (Å²) in [4.78, 5) is 18.5. The lowest BCUT2D eigenvalue weighted by Gasteiger charge is -2.18. The van der Waals surface area contributed by atoms with Crippen molar-refractivity contribution in [1.29, 1.82) is 0 Å². The van der Waals surface area contributed by atoms with Crippen LogP contribution in [0.2, 0.25) is 0 Å². The number of aromatic nitrogens is 2. The van der Waals surface area contributed by atoms with Crippen molar-refractivity contribution in [2.45, 2.75) is 31.6 Å². The molecule has 0 amide bonds. The molecule has 1 N–H and O–H groups in total. The Morgan fingerprint density at radius 3 is 2.09 bits per heavy atom. The number of halogens is 8. The highest BCUT2D eigenvalue weighted by molar-refractivity contribution is 9.10. The number of alkyl halides is 6. The lowest BCUT2D eigenvalue weighted by Crippen LogP contribution is -2.22. The lowest BCUT2D eigenvalue weighted by molar-refractivity contribution is -0.154. The fourth-order valence-electron chi connectivity index (χ4n) is 2.39. The molecule has 0 fully saturated rings. The van der Waals surface area contributed by atoms with Crippen LogP contribution in [0.1, 0.15) is 30.7 Å². The molecule has 2 rings (SSSR count). The molecule has 33 heavy (non-hydrogen) atoms. The second-order valence-corrected chi connectivity index (χ2v) is 7.77. The van der Waals surface area contributed by atoms with Gasteiger partial charge in [0, 0.05) is 12.7 Å². The quantitative estimate of drug-likeness (QED) is 0.183. The van der Waals surface area contributed by atoms with Gasteiger partial charge >= 0.3 is 18.3 Å². The van der Waals surface area contributed by atoms with Gasteiger partial charge in [-0.2, -0.15) is 26.3 Å². The summed E-state index contributed by atoms with van der Waals surface area (Å²) < 4.78 is 81.2. The Hall–Kier alpha value is -1.99. The van der Waals surface area contributed by atoms with E-state index >= 15 is 0 Å².